The van der Waals surface area contributed by atoms with Gasteiger partial charge in [-0.25, -0.2) is 9.97 Å². The fourth-order valence-electron chi connectivity index (χ4n) is 2.71. The van der Waals surface area contributed by atoms with Gasteiger partial charge in [-0.3, -0.25) is 0 Å². The number of aryl methyl sites for hydroxylation is 1. The van der Waals surface area contributed by atoms with Crippen LogP contribution in [0, 0.1) is 6.92 Å². The minimum Gasteiger partial charge on any atom is -0.490 e. The molecule has 3 rings (SSSR count). The van der Waals surface area contributed by atoms with Crippen molar-refractivity contribution in [2.24, 2.45) is 0 Å². The lowest BCUT2D eigenvalue weighted by Crippen LogP contribution is -2.22. The van der Waals surface area contributed by atoms with E-state index in [1.807, 2.05) is 61.8 Å². The summed E-state index contributed by atoms with van der Waals surface area (Å²) in [4.78, 5) is 10.8. The Labute approximate surface area is 160 Å². The second-order valence-corrected chi connectivity index (χ2v) is 6.16. The Kier molecular flexibility index (Phi) is 6.63. The average Bonchev–Trinajstić information content (AvgIpc) is 2.72. The summed E-state index contributed by atoms with van der Waals surface area (Å²) in [6.07, 6.45) is 3.76. The molecule has 1 aromatic heterocycles. The van der Waals surface area contributed by atoms with Crippen LogP contribution in [-0.4, -0.2) is 29.7 Å². The van der Waals surface area contributed by atoms with Crippen LogP contribution in [0.15, 0.2) is 67.0 Å². The van der Waals surface area contributed by atoms with Gasteiger partial charge in [0.05, 0.1) is 0 Å². The van der Waals surface area contributed by atoms with Crippen LogP contribution in [0.4, 0.5) is 5.69 Å². The molecule has 0 spiro atoms. The van der Waals surface area contributed by atoms with Crippen LogP contribution < -0.4 is 14.4 Å². The van der Waals surface area contributed by atoms with Gasteiger partial charge in [-0.1, -0.05) is 24.3 Å². The average molecular weight is 363 g/mol. The SMILES string of the molecule is CCN(Cc1cnc(C)nc1)c1cccc(OCCOc2ccccc2)c1. The Bertz CT molecular complexity index is 822. The molecule has 0 aliphatic rings. The zero-order valence-electron chi connectivity index (χ0n) is 15.8. The van der Waals surface area contributed by atoms with E-state index in [1.54, 1.807) is 0 Å². The fourth-order valence-corrected chi connectivity index (χ4v) is 2.71. The Morgan fingerprint density at radius 2 is 1.52 bits per heavy atom. The van der Waals surface area contributed by atoms with Gasteiger partial charge in [-0.2, -0.15) is 0 Å². The highest BCUT2D eigenvalue weighted by molar-refractivity contribution is 5.51. The third kappa shape index (κ3) is 5.71. The molecule has 0 aliphatic carbocycles. The Morgan fingerprint density at radius 3 is 2.22 bits per heavy atom. The molecule has 0 atom stereocenters. The summed E-state index contributed by atoms with van der Waals surface area (Å²) >= 11 is 0. The molecule has 0 amide bonds. The monoisotopic (exact) mass is 363 g/mol. The summed E-state index contributed by atoms with van der Waals surface area (Å²) < 4.78 is 11.5. The third-order valence-corrected chi connectivity index (χ3v) is 4.14. The van der Waals surface area contributed by atoms with E-state index < -0.39 is 0 Å². The van der Waals surface area contributed by atoms with Gasteiger partial charge < -0.3 is 14.4 Å². The van der Waals surface area contributed by atoms with E-state index in [1.165, 1.54) is 0 Å². The molecule has 0 bridgehead atoms. The summed E-state index contributed by atoms with van der Waals surface area (Å²) in [5.74, 6) is 2.48. The smallest absolute Gasteiger partial charge is 0.125 e. The van der Waals surface area contributed by atoms with E-state index in [4.69, 9.17) is 9.47 Å². The van der Waals surface area contributed by atoms with E-state index in [-0.39, 0.29) is 0 Å². The van der Waals surface area contributed by atoms with Crippen molar-refractivity contribution in [3.63, 3.8) is 0 Å². The minimum absolute atomic E-state index is 0.496. The summed E-state index contributed by atoms with van der Waals surface area (Å²) in [5.41, 5.74) is 2.20. The molecule has 27 heavy (non-hydrogen) atoms. The lowest BCUT2D eigenvalue weighted by atomic mass is 10.2. The quantitative estimate of drug-likeness (QED) is 0.531. The number of hydrogen-bond acceptors (Lipinski definition) is 5. The number of nitrogens with zero attached hydrogens (tertiary/aromatic N) is 3. The molecule has 1 heterocycles. The molecule has 5 heteroatoms. The first-order valence-corrected chi connectivity index (χ1v) is 9.18. The zero-order valence-corrected chi connectivity index (χ0v) is 15.8. The van der Waals surface area contributed by atoms with Gasteiger partial charge in [0.1, 0.15) is 30.5 Å². The Hall–Kier alpha value is -3.08. The summed E-state index contributed by atoms with van der Waals surface area (Å²) in [6.45, 7) is 6.68. The molecule has 0 radical (unpaired) electrons. The number of hydrogen-bond donors (Lipinski definition) is 0. The fraction of sp³-hybridized carbons (Fsp3) is 0.273. The number of benzene rings is 2. The molecular formula is C22H25N3O2. The number of rotatable bonds is 9. The topological polar surface area (TPSA) is 47.5 Å². The molecule has 5 nitrogen and oxygen atoms in total. The van der Waals surface area contributed by atoms with Crippen molar-refractivity contribution in [1.29, 1.82) is 0 Å². The highest BCUT2D eigenvalue weighted by atomic mass is 16.5. The third-order valence-electron chi connectivity index (χ3n) is 4.14. The molecule has 0 saturated carbocycles. The maximum atomic E-state index is 5.85. The molecule has 0 unspecified atom stereocenters. The van der Waals surface area contributed by atoms with Crippen LogP contribution >= 0.6 is 0 Å². The van der Waals surface area contributed by atoms with Crippen molar-refractivity contribution in [2.45, 2.75) is 20.4 Å². The van der Waals surface area contributed by atoms with E-state index >= 15 is 0 Å². The molecular weight excluding hydrogens is 338 g/mol. The van der Waals surface area contributed by atoms with Crippen LogP contribution in [0.3, 0.4) is 0 Å². The van der Waals surface area contributed by atoms with E-state index in [0.717, 1.165) is 41.7 Å². The summed E-state index contributed by atoms with van der Waals surface area (Å²) in [7, 11) is 0. The van der Waals surface area contributed by atoms with Gasteiger partial charge in [0.2, 0.25) is 0 Å². The summed E-state index contributed by atoms with van der Waals surface area (Å²) in [6, 6.07) is 17.9. The number of para-hydroxylation sites is 1. The van der Waals surface area contributed by atoms with E-state index in [2.05, 4.69) is 33.9 Å². The zero-order chi connectivity index (χ0) is 18.9. The van der Waals surface area contributed by atoms with Crippen LogP contribution in [0.25, 0.3) is 0 Å². The second kappa shape index (κ2) is 9.57. The lowest BCUT2D eigenvalue weighted by molar-refractivity contribution is 0.217. The lowest BCUT2D eigenvalue weighted by Gasteiger charge is -2.23. The van der Waals surface area contributed by atoms with Gasteiger partial charge in [0.25, 0.3) is 0 Å². The largest absolute Gasteiger partial charge is 0.490 e. The van der Waals surface area contributed by atoms with Gasteiger partial charge >= 0.3 is 0 Å². The van der Waals surface area contributed by atoms with Gasteiger partial charge in [-0.05, 0) is 38.1 Å². The van der Waals surface area contributed by atoms with E-state index in [9.17, 15) is 0 Å². The van der Waals surface area contributed by atoms with Crippen molar-refractivity contribution in [3.8, 4) is 11.5 Å². The Balaban J connectivity index is 1.55. The first-order valence-electron chi connectivity index (χ1n) is 9.18. The van der Waals surface area contributed by atoms with Crippen molar-refractivity contribution in [1.82, 2.24) is 9.97 Å². The van der Waals surface area contributed by atoms with Crippen LogP contribution in [0.5, 0.6) is 11.5 Å². The summed E-state index contributed by atoms with van der Waals surface area (Å²) in [5, 5.41) is 0. The van der Waals surface area contributed by atoms with Gasteiger partial charge in [-0.15, -0.1) is 0 Å². The number of anilines is 1. The minimum atomic E-state index is 0.496. The molecule has 0 fully saturated rings. The first-order chi connectivity index (χ1) is 13.2. The number of aromatic nitrogens is 2. The van der Waals surface area contributed by atoms with Crippen LogP contribution in [0.2, 0.25) is 0 Å². The Morgan fingerprint density at radius 1 is 0.852 bits per heavy atom. The van der Waals surface area contributed by atoms with Crippen LogP contribution in [-0.2, 0) is 6.54 Å². The predicted octanol–water partition coefficient (Wildman–Crippen LogP) is 4.27. The van der Waals surface area contributed by atoms with Crippen molar-refractivity contribution >= 4 is 5.69 Å². The maximum absolute atomic E-state index is 5.85. The first kappa shape index (κ1) is 18.7. The normalized spacial score (nSPS) is 10.4. The van der Waals surface area contributed by atoms with Crippen molar-refractivity contribution in [2.75, 3.05) is 24.7 Å². The molecule has 0 saturated heterocycles. The molecule has 140 valence electrons. The maximum Gasteiger partial charge on any atom is 0.125 e. The second-order valence-electron chi connectivity index (χ2n) is 6.16. The van der Waals surface area contributed by atoms with Crippen LogP contribution in [0.1, 0.15) is 18.3 Å². The predicted molar refractivity (Wildman–Crippen MR) is 107 cm³/mol. The van der Waals surface area contributed by atoms with Gasteiger partial charge in [0.15, 0.2) is 0 Å². The molecule has 2 aromatic carbocycles. The standard InChI is InChI=1S/C22H25N3O2/c1-3-25(17-19-15-23-18(2)24-16-19)20-8-7-11-22(14-20)27-13-12-26-21-9-5-4-6-10-21/h4-11,14-16H,3,12-13,17H2,1-2H3. The van der Waals surface area contributed by atoms with Crippen molar-refractivity contribution < 1.29 is 9.47 Å². The molecule has 0 N–H and O–H groups in total. The highest BCUT2D eigenvalue weighted by Crippen LogP contribution is 2.22. The highest BCUT2D eigenvalue weighted by Gasteiger charge is 2.07. The van der Waals surface area contributed by atoms with Crippen molar-refractivity contribution in [3.05, 3.63) is 78.4 Å². The number of ether oxygens (including phenoxy) is 2. The van der Waals surface area contributed by atoms with Gasteiger partial charge in [0, 0.05) is 42.8 Å². The van der Waals surface area contributed by atoms with E-state index in [0.29, 0.717) is 13.2 Å². The molecule has 3 aromatic rings. The molecule has 0 aliphatic heterocycles.